The molecule has 2 amide bonds. The molecule has 0 spiro atoms. The van der Waals surface area contributed by atoms with Crippen molar-refractivity contribution in [2.24, 2.45) is 0 Å². The van der Waals surface area contributed by atoms with E-state index in [0.29, 0.717) is 6.61 Å². The first-order valence-corrected chi connectivity index (χ1v) is 7.59. The van der Waals surface area contributed by atoms with E-state index in [1.807, 2.05) is 54.6 Å². The van der Waals surface area contributed by atoms with Crippen molar-refractivity contribution in [3.8, 4) is 0 Å². The van der Waals surface area contributed by atoms with Gasteiger partial charge in [0.05, 0.1) is 6.61 Å². The van der Waals surface area contributed by atoms with E-state index in [4.69, 9.17) is 4.84 Å². The number of rotatable bonds is 7. The lowest BCUT2D eigenvalue weighted by atomic mass is 10.1. The van der Waals surface area contributed by atoms with Gasteiger partial charge >= 0.3 is 6.03 Å². The van der Waals surface area contributed by atoms with Crippen molar-refractivity contribution in [1.82, 2.24) is 5.48 Å². The van der Waals surface area contributed by atoms with E-state index in [2.05, 4.69) is 17.7 Å². The van der Waals surface area contributed by atoms with Crippen LogP contribution in [-0.2, 0) is 17.9 Å². The van der Waals surface area contributed by atoms with Crippen molar-refractivity contribution < 1.29 is 9.63 Å². The van der Waals surface area contributed by atoms with Gasteiger partial charge in [0, 0.05) is 5.69 Å². The number of hydrogen-bond acceptors (Lipinski definition) is 2. The molecule has 0 heterocycles. The molecule has 2 rings (SSSR count). The standard InChI is InChI=1S/C18H22N2O2/c1-2-3-7-15-10-12-17(13-11-15)19-18(21)20-22-14-16-8-5-4-6-9-16/h4-6,8-13H,2-3,7,14H2,1H3,(H2,19,20,21). The van der Waals surface area contributed by atoms with E-state index in [0.717, 1.165) is 17.7 Å². The minimum atomic E-state index is -0.378. The van der Waals surface area contributed by atoms with E-state index in [-0.39, 0.29) is 6.03 Å². The van der Waals surface area contributed by atoms with Crippen LogP contribution in [0.5, 0.6) is 0 Å². The predicted octanol–water partition coefficient (Wildman–Crippen LogP) is 4.28. The molecule has 0 bridgehead atoms. The van der Waals surface area contributed by atoms with Crippen LogP contribution in [0.2, 0.25) is 0 Å². The van der Waals surface area contributed by atoms with Crippen LogP contribution in [-0.4, -0.2) is 6.03 Å². The quantitative estimate of drug-likeness (QED) is 0.749. The highest BCUT2D eigenvalue weighted by atomic mass is 16.7. The molecule has 0 saturated heterocycles. The fraction of sp³-hybridized carbons (Fsp3) is 0.278. The predicted molar refractivity (Wildman–Crippen MR) is 88.4 cm³/mol. The smallest absolute Gasteiger partial charge is 0.306 e. The lowest BCUT2D eigenvalue weighted by molar-refractivity contribution is 0.0536. The van der Waals surface area contributed by atoms with Gasteiger partial charge in [-0.3, -0.25) is 4.84 Å². The lowest BCUT2D eigenvalue weighted by Gasteiger charge is -2.08. The van der Waals surface area contributed by atoms with Crippen LogP contribution in [0.4, 0.5) is 10.5 Å². The Morgan fingerprint density at radius 3 is 2.41 bits per heavy atom. The summed E-state index contributed by atoms with van der Waals surface area (Å²) < 4.78 is 0. The number of benzene rings is 2. The molecule has 116 valence electrons. The number of carbonyl (C=O) groups excluding carboxylic acids is 1. The Morgan fingerprint density at radius 2 is 1.73 bits per heavy atom. The van der Waals surface area contributed by atoms with Crippen molar-refractivity contribution in [3.63, 3.8) is 0 Å². The van der Waals surface area contributed by atoms with Crippen LogP contribution >= 0.6 is 0 Å². The third-order valence-corrected chi connectivity index (χ3v) is 3.28. The minimum absolute atomic E-state index is 0.338. The molecule has 4 heteroatoms. The summed E-state index contributed by atoms with van der Waals surface area (Å²) in [4.78, 5) is 16.9. The lowest BCUT2D eigenvalue weighted by Crippen LogP contribution is -2.28. The molecule has 0 saturated carbocycles. The number of amides is 2. The van der Waals surface area contributed by atoms with Gasteiger partial charge < -0.3 is 5.32 Å². The van der Waals surface area contributed by atoms with Gasteiger partial charge in [-0.05, 0) is 36.1 Å². The van der Waals surface area contributed by atoms with Crippen LogP contribution in [0.25, 0.3) is 0 Å². The summed E-state index contributed by atoms with van der Waals surface area (Å²) in [5.41, 5.74) is 5.42. The summed E-state index contributed by atoms with van der Waals surface area (Å²) in [6.45, 7) is 2.51. The maximum atomic E-state index is 11.7. The summed E-state index contributed by atoms with van der Waals surface area (Å²) in [6.07, 6.45) is 3.44. The number of aryl methyl sites for hydroxylation is 1. The number of hydroxylamine groups is 1. The Kier molecular flexibility index (Phi) is 6.45. The first kappa shape index (κ1) is 16.0. The average Bonchev–Trinajstić information content (AvgIpc) is 2.55. The van der Waals surface area contributed by atoms with Crippen molar-refractivity contribution >= 4 is 11.7 Å². The Balaban J connectivity index is 1.72. The van der Waals surface area contributed by atoms with Crippen molar-refractivity contribution in [2.45, 2.75) is 32.8 Å². The summed E-state index contributed by atoms with van der Waals surface area (Å²) >= 11 is 0. The summed E-state index contributed by atoms with van der Waals surface area (Å²) in [5.74, 6) is 0. The first-order valence-electron chi connectivity index (χ1n) is 7.59. The number of carbonyl (C=O) groups is 1. The molecular weight excluding hydrogens is 276 g/mol. The van der Waals surface area contributed by atoms with Gasteiger partial charge in [0.1, 0.15) is 0 Å². The van der Waals surface area contributed by atoms with Gasteiger partial charge in [-0.25, -0.2) is 10.3 Å². The second-order valence-electron chi connectivity index (χ2n) is 5.13. The van der Waals surface area contributed by atoms with Gasteiger partial charge in [-0.15, -0.1) is 0 Å². The molecule has 0 aliphatic heterocycles. The van der Waals surface area contributed by atoms with Gasteiger partial charge in [-0.2, -0.15) is 0 Å². The molecule has 0 aromatic heterocycles. The second-order valence-corrected chi connectivity index (χ2v) is 5.13. The van der Waals surface area contributed by atoms with Crippen molar-refractivity contribution in [2.75, 3.05) is 5.32 Å². The fourth-order valence-corrected chi connectivity index (χ4v) is 2.05. The molecule has 0 unspecified atom stereocenters. The summed E-state index contributed by atoms with van der Waals surface area (Å²) in [5, 5.41) is 2.74. The number of unbranched alkanes of at least 4 members (excludes halogenated alkanes) is 1. The van der Waals surface area contributed by atoms with Crippen molar-refractivity contribution in [1.29, 1.82) is 0 Å². The molecule has 2 aromatic rings. The average molecular weight is 298 g/mol. The van der Waals surface area contributed by atoms with Gasteiger partial charge in [-0.1, -0.05) is 55.8 Å². The molecule has 2 N–H and O–H groups in total. The minimum Gasteiger partial charge on any atom is -0.306 e. The Morgan fingerprint density at radius 1 is 1.00 bits per heavy atom. The second kappa shape index (κ2) is 8.85. The number of nitrogens with one attached hydrogen (secondary N) is 2. The molecular formula is C18H22N2O2. The molecule has 4 nitrogen and oxygen atoms in total. The highest BCUT2D eigenvalue weighted by Crippen LogP contribution is 2.11. The van der Waals surface area contributed by atoms with E-state index in [1.165, 1.54) is 18.4 Å². The largest absolute Gasteiger partial charge is 0.343 e. The van der Waals surface area contributed by atoms with Gasteiger partial charge in [0.25, 0.3) is 0 Å². The number of hydrogen-bond donors (Lipinski definition) is 2. The van der Waals surface area contributed by atoms with E-state index >= 15 is 0 Å². The number of urea groups is 1. The first-order chi connectivity index (χ1) is 10.8. The zero-order valence-electron chi connectivity index (χ0n) is 12.8. The van der Waals surface area contributed by atoms with Crippen LogP contribution in [0.15, 0.2) is 54.6 Å². The van der Waals surface area contributed by atoms with E-state index < -0.39 is 0 Å². The zero-order chi connectivity index (χ0) is 15.6. The fourth-order valence-electron chi connectivity index (χ4n) is 2.05. The SMILES string of the molecule is CCCCc1ccc(NC(=O)NOCc2ccccc2)cc1. The van der Waals surface area contributed by atoms with Crippen LogP contribution in [0, 0.1) is 0 Å². The van der Waals surface area contributed by atoms with E-state index in [1.54, 1.807) is 0 Å². The topological polar surface area (TPSA) is 50.4 Å². The molecule has 0 aliphatic carbocycles. The maximum Gasteiger partial charge on any atom is 0.343 e. The van der Waals surface area contributed by atoms with Gasteiger partial charge in [0.15, 0.2) is 0 Å². The third kappa shape index (κ3) is 5.58. The Labute approximate surface area is 131 Å². The van der Waals surface area contributed by atoms with Crippen LogP contribution in [0.3, 0.4) is 0 Å². The summed E-state index contributed by atoms with van der Waals surface area (Å²) in [7, 11) is 0. The van der Waals surface area contributed by atoms with Gasteiger partial charge in [0.2, 0.25) is 0 Å². The molecule has 0 fully saturated rings. The highest BCUT2D eigenvalue weighted by molar-refractivity contribution is 5.88. The summed E-state index contributed by atoms with van der Waals surface area (Å²) in [6, 6.07) is 17.2. The van der Waals surface area contributed by atoms with Crippen LogP contribution < -0.4 is 10.8 Å². The zero-order valence-corrected chi connectivity index (χ0v) is 12.8. The molecule has 0 aliphatic rings. The van der Waals surface area contributed by atoms with Crippen molar-refractivity contribution in [3.05, 3.63) is 65.7 Å². The molecule has 2 aromatic carbocycles. The normalized spacial score (nSPS) is 10.2. The monoisotopic (exact) mass is 298 g/mol. The maximum absolute atomic E-state index is 11.7. The molecule has 0 atom stereocenters. The highest BCUT2D eigenvalue weighted by Gasteiger charge is 2.02. The Bertz CT molecular complexity index is 567. The van der Waals surface area contributed by atoms with Crippen LogP contribution in [0.1, 0.15) is 30.9 Å². The number of anilines is 1. The molecule has 22 heavy (non-hydrogen) atoms. The third-order valence-electron chi connectivity index (χ3n) is 3.28. The molecule has 0 radical (unpaired) electrons. The Hall–Kier alpha value is -2.33. The van der Waals surface area contributed by atoms with E-state index in [9.17, 15) is 4.79 Å².